The number of phenols is 1. The number of hydrogen-bond donors (Lipinski definition) is 1. The molecule has 1 saturated heterocycles. The molecular formula is C25H27NO4. The van der Waals surface area contributed by atoms with Gasteiger partial charge in [-0.1, -0.05) is 30.3 Å². The second-order valence-corrected chi connectivity index (χ2v) is 7.79. The van der Waals surface area contributed by atoms with Crippen molar-refractivity contribution >= 4 is 16.6 Å². The molecule has 4 rings (SSSR count). The first-order valence-corrected chi connectivity index (χ1v) is 10.3. The van der Waals surface area contributed by atoms with Crippen molar-refractivity contribution in [2.24, 2.45) is 5.92 Å². The number of carbonyl (C=O) groups excluding carboxylic acids is 1. The molecule has 1 heterocycles. The molecule has 1 unspecified atom stereocenters. The van der Waals surface area contributed by atoms with Crippen LogP contribution in [0.1, 0.15) is 28.8 Å². The normalized spacial score (nSPS) is 17.1. The molecule has 3 aromatic rings. The minimum absolute atomic E-state index is 0.0985. The monoisotopic (exact) mass is 405 g/mol. The van der Waals surface area contributed by atoms with Gasteiger partial charge in [0.2, 0.25) is 0 Å². The number of ether oxygens (including phenoxy) is 2. The van der Waals surface area contributed by atoms with Crippen LogP contribution >= 0.6 is 0 Å². The first-order chi connectivity index (χ1) is 14.6. The molecule has 0 spiro atoms. The van der Waals surface area contributed by atoms with Crippen molar-refractivity contribution in [3.05, 3.63) is 65.7 Å². The third kappa shape index (κ3) is 3.98. The molecule has 1 N–H and O–H groups in total. The quantitative estimate of drug-likeness (QED) is 0.605. The second kappa shape index (κ2) is 8.76. The van der Waals surface area contributed by atoms with Crippen LogP contribution in [0.25, 0.3) is 10.8 Å². The summed E-state index contributed by atoms with van der Waals surface area (Å²) >= 11 is 0. The highest BCUT2D eigenvalue weighted by Gasteiger charge is 2.29. The SMILES string of the molecule is COc1ccc(C(=O)C2CCCN(Cc3c(O)ccc4ccccc34)C2)c(OC)c1. The number of aromatic hydroxyl groups is 1. The molecule has 0 saturated carbocycles. The first-order valence-electron chi connectivity index (χ1n) is 10.3. The Balaban J connectivity index is 1.55. The molecular weight excluding hydrogens is 378 g/mol. The Morgan fingerprint density at radius 1 is 1.10 bits per heavy atom. The molecule has 1 fully saturated rings. The van der Waals surface area contributed by atoms with Crippen molar-refractivity contribution in [1.29, 1.82) is 0 Å². The molecule has 0 amide bonds. The molecule has 1 aliphatic rings. The van der Waals surface area contributed by atoms with E-state index in [1.165, 1.54) is 0 Å². The average Bonchev–Trinajstić information content (AvgIpc) is 2.80. The number of piperidine rings is 1. The Morgan fingerprint density at radius 3 is 2.73 bits per heavy atom. The number of ketones is 1. The second-order valence-electron chi connectivity index (χ2n) is 7.79. The summed E-state index contributed by atoms with van der Waals surface area (Å²) in [4.78, 5) is 15.5. The molecule has 0 radical (unpaired) electrons. The summed E-state index contributed by atoms with van der Waals surface area (Å²) in [6, 6.07) is 17.1. The van der Waals surface area contributed by atoms with Crippen LogP contribution < -0.4 is 9.47 Å². The Labute approximate surface area is 176 Å². The van der Waals surface area contributed by atoms with E-state index in [1.54, 1.807) is 38.5 Å². The maximum Gasteiger partial charge on any atom is 0.170 e. The summed E-state index contributed by atoms with van der Waals surface area (Å²) in [7, 11) is 3.17. The van der Waals surface area contributed by atoms with E-state index < -0.39 is 0 Å². The van der Waals surface area contributed by atoms with Crippen LogP contribution in [-0.2, 0) is 6.54 Å². The molecule has 1 atom stereocenters. The maximum absolute atomic E-state index is 13.3. The number of hydrogen-bond acceptors (Lipinski definition) is 5. The minimum atomic E-state index is -0.0989. The molecule has 156 valence electrons. The average molecular weight is 405 g/mol. The Kier molecular flexibility index (Phi) is 5.91. The fourth-order valence-electron chi connectivity index (χ4n) is 4.35. The predicted octanol–water partition coefficient (Wildman–Crippen LogP) is 4.66. The molecule has 30 heavy (non-hydrogen) atoms. The van der Waals surface area contributed by atoms with Gasteiger partial charge in [0, 0.05) is 30.6 Å². The van der Waals surface area contributed by atoms with E-state index in [0.29, 0.717) is 35.9 Å². The number of fused-ring (bicyclic) bond motifs is 1. The van der Waals surface area contributed by atoms with Crippen molar-refractivity contribution in [3.63, 3.8) is 0 Å². The van der Waals surface area contributed by atoms with Gasteiger partial charge >= 0.3 is 0 Å². The number of nitrogens with zero attached hydrogens (tertiary/aromatic N) is 1. The maximum atomic E-state index is 13.3. The van der Waals surface area contributed by atoms with Crippen molar-refractivity contribution in [2.45, 2.75) is 19.4 Å². The lowest BCUT2D eigenvalue weighted by Crippen LogP contribution is -2.38. The number of methoxy groups -OCH3 is 2. The summed E-state index contributed by atoms with van der Waals surface area (Å²) < 4.78 is 10.7. The van der Waals surface area contributed by atoms with Gasteiger partial charge in [0.25, 0.3) is 0 Å². The zero-order valence-corrected chi connectivity index (χ0v) is 17.4. The van der Waals surface area contributed by atoms with Crippen LogP contribution in [0.3, 0.4) is 0 Å². The number of carbonyl (C=O) groups is 1. The third-order valence-corrected chi connectivity index (χ3v) is 5.95. The van der Waals surface area contributed by atoms with Crippen LogP contribution in [0.4, 0.5) is 0 Å². The summed E-state index contributed by atoms with van der Waals surface area (Å²) in [6.45, 7) is 2.19. The van der Waals surface area contributed by atoms with Crippen LogP contribution in [0.5, 0.6) is 17.2 Å². The van der Waals surface area contributed by atoms with E-state index in [1.807, 2.05) is 24.3 Å². The Bertz CT molecular complexity index is 1060. The molecule has 3 aromatic carbocycles. The van der Waals surface area contributed by atoms with Crippen LogP contribution in [0.15, 0.2) is 54.6 Å². The van der Waals surface area contributed by atoms with Crippen molar-refractivity contribution in [2.75, 3.05) is 27.3 Å². The van der Waals surface area contributed by atoms with Gasteiger partial charge in [-0.15, -0.1) is 0 Å². The largest absolute Gasteiger partial charge is 0.508 e. The van der Waals surface area contributed by atoms with Gasteiger partial charge in [-0.3, -0.25) is 9.69 Å². The number of likely N-dealkylation sites (tertiary alicyclic amines) is 1. The number of rotatable bonds is 6. The van der Waals surface area contributed by atoms with E-state index in [4.69, 9.17) is 9.47 Å². The number of phenolic OH excluding ortho intramolecular Hbond substituents is 1. The summed E-state index contributed by atoms with van der Waals surface area (Å²) in [5.41, 5.74) is 1.52. The van der Waals surface area contributed by atoms with E-state index >= 15 is 0 Å². The van der Waals surface area contributed by atoms with Crippen LogP contribution in [0, 0.1) is 5.92 Å². The van der Waals surface area contributed by atoms with Gasteiger partial charge in [-0.05, 0) is 48.4 Å². The fraction of sp³-hybridized carbons (Fsp3) is 0.320. The zero-order chi connectivity index (χ0) is 21.1. The van der Waals surface area contributed by atoms with Gasteiger partial charge in [0.1, 0.15) is 17.2 Å². The molecule has 0 aromatic heterocycles. The summed E-state index contributed by atoms with van der Waals surface area (Å²) in [6.07, 6.45) is 1.80. The lowest BCUT2D eigenvalue weighted by molar-refractivity contribution is 0.0808. The molecule has 5 nitrogen and oxygen atoms in total. The highest BCUT2D eigenvalue weighted by Crippen LogP contribution is 2.32. The van der Waals surface area contributed by atoms with Crippen molar-refractivity contribution in [3.8, 4) is 17.2 Å². The molecule has 0 aliphatic carbocycles. The lowest BCUT2D eigenvalue weighted by Gasteiger charge is -2.32. The van der Waals surface area contributed by atoms with Gasteiger partial charge in [-0.2, -0.15) is 0 Å². The van der Waals surface area contributed by atoms with Gasteiger partial charge in [0.15, 0.2) is 5.78 Å². The Morgan fingerprint density at radius 2 is 1.93 bits per heavy atom. The van der Waals surface area contributed by atoms with Crippen molar-refractivity contribution < 1.29 is 19.4 Å². The number of benzene rings is 3. The van der Waals surface area contributed by atoms with Crippen LogP contribution in [-0.4, -0.2) is 43.1 Å². The fourth-order valence-corrected chi connectivity index (χ4v) is 4.35. The first kappa shape index (κ1) is 20.2. The molecule has 1 aliphatic heterocycles. The number of Topliss-reactive ketones (excluding diaryl/α,β-unsaturated/α-hetero) is 1. The predicted molar refractivity (Wildman–Crippen MR) is 117 cm³/mol. The van der Waals surface area contributed by atoms with Gasteiger partial charge in [0.05, 0.1) is 19.8 Å². The highest BCUT2D eigenvalue weighted by atomic mass is 16.5. The molecule has 0 bridgehead atoms. The Hall–Kier alpha value is -3.05. The summed E-state index contributed by atoms with van der Waals surface area (Å²) in [5, 5.41) is 12.7. The van der Waals surface area contributed by atoms with Gasteiger partial charge < -0.3 is 14.6 Å². The van der Waals surface area contributed by atoms with Crippen LogP contribution in [0.2, 0.25) is 0 Å². The highest BCUT2D eigenvalue weighted by molar-refractivity contribution is 6.00. The van der Waals surface area contributed by atoms with E-state index in [-0.39, 0.29) is 11.7 Å². The summed E-state index contributed by atoms with van der Waals surface area (Å²) in [5.74, 6) is 1.52. The minimum Gasteiger partial charge on any atom is -0.508 e. The zero-order valence-electron chi connectivity index (χ0n) is 17.4. The van der Waals surface area contributed by atoms with E-state index in [0.717, 1.165) is 35.7 Å². The topological polar surface area (TPSA) is 59.0 Å². The third-order valence-electron chi connectivity index (χ3n) is 5.95. The van der Waals surface area contributed by atoms with Gasteiger partial charge in [-0.25, -0.2) is 0 Å². The standard InChI is InChI=1S/C25H27NO4/c1-29-19-10-11-21(24(14-19)30-2)25(28)18-7-5-13-26(15-18)16-22-20-8-4-3-6-17(20)9-12-23(22)27/h3-4,6,8-12,14,18,27H,5,7,13,15-16H2,1-2H3. The van der Waals surface area contributed by atoms with Crippen molar-refractivity contribution in [1.82, 2.24) is 4.90 Å². The lowest BCUT2D eigenvalue weighted by atomic mass is 9.89. The smallest absolute Gasteiger partial charge is 0.170 e. The van der Waals surface area contributed by atoms with E-state index in [9.17, 15) is 9.90 Å². The van der Waals surface area contributed by atoms with E-state index in [2.05, 4.69) is 11.0 Å². The molecule has 5 heteroatoms.